The molecular weight excluding hydrogens is 278 g/mol. The third kappa shape index (κ3) is 3.72. The van der Waals surface area contributed by atoms with E-state index in [1.54, 1.807) is 4.57 Å². The monoisotopic (exact) mass is 297 g/mol. The minimum absolute atomic E-state index is 0.178. The van der Waals surface area contributed by atoms with Gasteiger partial charge < -0.3 is 4.52 Å². The lowest BCUT2D eigenvalue weighted by Gasteiger charge is -2.01. The molecule has 0 saturated heterocycles. The number of thioether (sulfide) groups is 1. The van der Waals surface area contributed by atoms with E-state index < -0.39 is 0 Å². The third-order valence-corrected chi connectivity index (χ3v) is 3.57. The molecule has 0 spiro atoms. The summed E-state index contributed by atoms with van der Waals surface area (Å²) in [5.41, 5.74) is -0.178. The first-order valence-electron chi connectivity index (χ1n) is 6.69. The van der Waals surface area contributed by atoms with Crippen LogP contribution in [0.5, 0.6) is 0 Å². The number of hydrogen-bond donors (Lipinski definition) is 1. The molecule has 20 heavy (non-hydrogen) atoms. The number of nitrogens with one attached hydrogen (secondary N) is 1. The zero-order valence-electron chi connectivity index (χ0n) is 11.9. The predicted octanol–water partition coefficient (Wildman–Crippen LogP) is 1.86. The molecule has 0 aliphatic rings. The highest BCUT2D eigenvalue weighted by Crippen LogP contribution is 2.18. The van der Waals surface area contributed by atoms with Crippen molar-refractivity contribution in [1.29, 1.82) is 0 Å². The number of rotatable bonds is 7. The molecule has 2 aromatic rings. The largest absolute Gasteiger partial charge is 0.343 e. The fourth-order valence-corrected chi connectivity index (χ4v) is 2.56. The molecule has 0 unspecified atom stereocenters. The van der Waals surface area contributed by atoms with Gasteiger partial charge in [0.15, 0.2) is 11.0 Å². The van der Waals surface area contributed by atoms with E-state index >= 15 is 0 Å². The Kier molecular flexibility index (Phi) is 4.99. The van der Waals surface area contributed by atoms with Gasteiger partial charge >= 0.3 is 5.69 Å². The molecule has 0 aliphatic carbocycles. The van der Waals surface area contributed by atoms with E-state index in [2.05, 4.69) is 34.2 Å². The van der Waals surface area contributed by atoms with Gasteiger partial charge in [-0.3, -0.25) is 4.57 Å². The average molecular weight is 297 g/mol. The summed E-state index contributed by atoms with van der Waals surface area (Å²) in [4.78, 5) is 15.9. The summed E-state index contributed by atoms with van der Waals surface area (Å²) in [6, 6.07) is 0. The highest BCUT2D eigenvalue weighted by atomic mass is 32.2. The van der Waals surface area contributed by atoms with Crippen molar-refractivity contribution in [2.24, 2.45) is 5.92 Å². The van der Waals surface area contributed by atoms with Gasteiger partial charge in [-0.1, -0.05) is 37.7 Å². The molecule has 8 heteroatoms. The highest BCUT2D eigenvalue weighted by Gasteiger charge is 2.12. The number of aromatic nitrogens is 5. The second-order valence-electron chi connectivity index (χ2n) is 4.95. The van der Waals surface area contributed by atoms with Crippen molar-refractivity contribution >= 4 is 11.8 Å². The van der Waals surface area contributed by atoms with Gasteiger partial charge in [-0.05, 0) is 12.3 Å². The van der Waals surface area contributed by atoms with Crippen molar-refractivity contribution in [2.45, 2.75) is 51.1 Å². The highest BCUT2D eigenvalue weighted by molar-refractivity contribution is 7.98. The third-order valence-electron chi connectivity index (χ3n) is 2.59. The Labute approximate surface area is 121 Å². The van der Waals surface area contributed by atoms with Crippen molar-refractivity contribution in [3.05, 3.63) is 22.2 Å². The zero-order chi connectivity index (χ0) is 14.5. The maximum absolute atomic E-state index is 11.5. The van der Waals surface area contributed by atoms with Crippen LogP contribution in [-0.4, -0.2) is 24.9 Å². The van der Waals surface area contributed by atoms with Gasteiger partial charge in [0.2, 0.25) is 5.89 Å². The van der Waals surface area contributed by atoms with Crippen LogP contribution in [0.4, 0.5) is 0 Å². The van der Waals surface area contributed by atoms with Gasteiger partial charge in [-0.15, -0.1) is 5.10 Å². The topological polar surface area (TPSA) is 89.6 Å². The van der Waals surface area contributed by atoms with Crippen LogP contribution in [0.1, 0.15) is 38.9 Å². The molecule has 0 bridgehead atoms. The normalized spacial score (nSPS) is 11.4. The molecule has 0 atom stereocenters. The van der Waals surface area contributed by atoms with Crippen LogP contribution in [0, 0.1) is 5.92 Å². The van der Waals surface area contributed by atoms with Crippen LogP contribution in [0.25, 0.3) is 0 Å². The van der Waals surface area contributed by atoms with E-state index in [0.29, 0.717) is 35.1 Å². The molecule has 0 aliphatic heterocycles. The summed E-state index contributed by atoms with van der Waals surface area (Å²) in [7, 11) is 0. The second-order valence-corrected chi connectivity index (χ2v) is 5.90. The quantitative estimate of drug-likeness (QED) is 0.784. The zero-order valence-corrected chi connectivity index (χ0v) is 12.7. The van der Waals surface area contributed by atoms with Gasteiger partial charge in [0.1, 0.15) is 0 Å². The molecule has 2 rings (SSSR count). The molecule has 1 N–H and O–H groups in total. The lowest BCUT2D eigenvalue weighted by molar-refractivity contribution is 0.360. The van der Waals surface area contributed by atoms with Crippen LogP contribution < -0.4 is 5.69 Å². The fourth-order valence-electron chi connectivity index (χ4n) is 1.74. The van der Waals surface area contributed by atoms with Gasteiger partial charge in [0.05, 0.1) is 5.75 Å². The van der Waals surface area contributed by atoms with Crippen molar-refractivity contribution in [2.75, 3.05) is 0 Å². The van der Waals surface area contributed by atoms with Gasteiger partial charge in [0.25, 0.3) is 0 Å². The van der Waals surface area contributed by atoms with Crippen LogP contribution in [0.3, 0.4) is 0 Å². The summed E-state index contributed by atoms with van der Waals surface area (Å²) in [6.07, 6.45) is 1.66. The second kappa shape index (κ2) is 6.74. The Hall–Kier alpha value is -1.57. The van der Waals surface area contributed by atoms with E-state index in [1.807, 2.05) is 6.92 Å². The molecule has 2 heterocycles. The fraction of sp³-hybridized carbons (Fsp3) is 0.667. The van der Waals surface area contributed by atoms with Crippen LogP contribution in [-0.2, 0) is 18.7 Å². The molecule has 110 valence electrons. The van der Waals surface area contributed by atoms with Crippen molar-refractivity contribution in [1.82, 2.24) is 24.9 Å². The Morgan fingerprint density at radius 1 is 1.45 bits per heavy atom. The standard InChI is InChI=1S/C12H19N5O2S/c1-4-5-17-11(18)14-15-12(17)20-7-9-13-10(19-16-9)6-8(2)3/h8H,4-7H2,1-3H3,(H,14,18). The smallest absolute Gasteiger partial charge is 0.339 e. The molecule has 0 saturated carbocycles. The molecular formula is C12H19N5O2S. The lowest BCUT2D eigenvalue weighted by Crippen LogP contribution is -2.17. The number of aromatic amines is 1. The van der Waals surface area contributed by atoms with Crippen molar-refractivity contribution < 1.29 is 4.52 Å². The van der Waals surface area contributed by atoms with E-state index in [4.69, 9.17) is 4.52 Å². The first kappa shape index (κ1) is 14.8. The van der Waals surface area contributed by atoms with E-state index in [9.17, 15) is 4.79 Å². The van der Waals surface area contributed by atoms with Gasteiger partial charge in [-0.2, -0.15) is 4.98 Å². The van der Waals surface area contributed by atoms with Crippen LogP contribution >= 0.6 is 11.8 Å². The summed E-state index contributed by atoms with van der Waals surface area (Å²) >= 11 is 1.43. The maximum atomic E-state index is 11.5. The molecule has 0 fully saturated rings. The molecule has 0 amide bonds. The van der Waals surface area contributed by atoms with Crippen molar-refractivity contribution in [3.63, 3.8) is 0 Å². The summed E-state index contributed by atoms with van der Waals surface area (Å²) in [5.74, 6) is 2.31. The summed E-state index contributed by atoms with van der Waals surface area (Å²) in [5, 5.41) is 11.1. The minimum Gasteiger partial charge on any atom is -0.339 e. The predicted molar refractivity (Wildman–Crippen MR) is 75.5 cm³/mol. The van der Waals surface area contributed by atoms with Gasteiger partial charge in [-0.25, -0.2) is 9.89 Å². The average Bonchev–Trinajstić information content (AvgIpc) is 2.96. The number of H-pyrrole nitrogens is 1. The van der Waals surface area contributed by atoms with Crippen LogP contribution in [0.15, 0.2) is 14.5 Å². The lowest BCUT2D eigenvalue weighted by atomic mass is 10.1. The Morgan fingerprint density at radius 3 is 2.95 bits per heavy atom. The maximum Gasteiger partial charge on any atom is 0.343 e. The SMILES string of the molecule is CCCn1c(SCc2noc(CC(C)C)n2)n[nH]c1=O. The molecule has 7 nitrogen and oxygen atoms in total. The Morgan fingerprint density at radius 2 is 2.25 bits per heavy atom. The van der Waals surface area contributed by atoms with Crippen LogP contribution in [0.2, 0.25) is 0 Å². The molecule has 2 aromatic heterocycles. The summed E-state index contributed by atoms with van der Waals surface area (Å²) < 4.78 is 6.80. The Bertz CT molecular complexity index is 601. The van der Waals surface area contributed by atoms with Gasteiger partial charge in [0, 0.05) is 13.0 Å². The molecule has 0 radical (unpaired) electrons. The first-order chi connectivity index (χ1) is 9.60. The van der Waals surface area contributed by atoms with E-state index in [1.165, 1.54) is 11.8 Å². The first-order valence-corrected chi connectivity index (χ1v) is 7.68. The molecule has 0 aromatic carbocycles. The summed E-state index contributed by atoms with van der Waals surface area (Å²) in [6.45, 7) is 6.88. The van der Waals surface area contributed by atoms with Crippen molar-refractivity contribution in [3.8, 4) is 0 Å². The number of nitrogens with zero attached hydrogens (tertiary/aromatic N) is 4. The van der Waals surface area contributed by atoms with E-state index in [0.717, 1.165) is 12.8 Å². The van der Waals surface area contributed by atoms with E-state index in [-0.39, 0.29) is 5.69 Å². The number of hydrogen-bond acceptors (Lipinski definition) is 6. The minimum atomic E-state index is -0.178. The Balaban J connectivity index is 1.98.